The highest BCUT2D eigenvalue weighted by Gasteiger charge is 2.12. The van der Waals surface area contributed by atoms with Crippen LogP contribution < -0.4 is 5.32 Å². The Labute approximate surface area is 147 Å². The van der Waals surface area contributed by atoms with Gasteiger partial charge >= 0.3 is 0 Å². The van der Waals surface area contributed by atoms with Gasteiger partial charge in [-0.05, 0) is 40.1 Å². The number of hydrogen-bond acceptors (Lipinski definition) is 3. The van der Waals surface area contributed by atoms with Crippen LogP contribution in [0.1, 0.15) is 27.6 Å². The average molecular weight is 335 g/mol. The van der Waals surface area contributed by atoms with Gasteiger partial charge in [0.25, 0.3) is 5.91 Å². The van der Waals surface area contributed by atoms with Crippen LogP contribution in [0.2, 0.25) is 0 Å². The molecular weight excluding hydrogens is 314 g/mol. The normalized spacial score (nSPS) is 12.1. The summed E-state index contributed by atoms with van der Waals surface area (Å²) in [5.41, 5.74) is 2.28. The van der Waals surface area contributed by atoms with Crippen LogP contribution in [0.3, 0.4) is 0 Å². The molecule has 1 atom stereocenters. The Hall–Kier alpha value is -2.69. The molecule has 0 aliphatic heterocycles. The monoisotopic (exact) mass is 335 g/mol. The number of hydrogen-bond donors (Lipinski definition) is 2. The van der Waals surface area contributed by atoms with Crippen molar-refractivity contribution in [2.75, 3.05) is 13.7 Å². The van der Waals surface area contributed by atoms with Crippen molar-refractivity contribution in [1.82, 2.24) is 5.32 Å². The third-order valence-electron chi connectivity index (χ3n) is 4.11. The second-order valence-electron chi connectivity index (χ2n) is 5.97. The SMILES string of the molecule is COCc1cccc(C(=O)NCC(O)c2ccc3ccccc3c2)c1. The molecule has 25 heavy (non-hydrogen) atoms. The van der Waals surface area contributed by atoms with Crippen LogP contribution in [0.5, 0.6) is 0 Å². The van der Waals surface area contributed by atoms with E-state index in [0.717, 1.165) is 21.9 Å². The standard InChI is InChI=1S/C21H21NO3/c1-25-14-15-5-4-8-19(11-15)21(24)22-13-20(23)18-10-9-16-6-2-3-7-17(16)12-18/h2-12,20,23H,13-14H2,1H3,(H,22,24). The van der Waals surface area contributed by atoms with Crippen LogP contribution in [0, 0.1) is 0 Å². The van der Waals surface area contributed by atoms with E-state index in [2.05, 4.69) is 5.32 Å². The number of ether oxygens (including phenoxy) is 1. The van der Waals surface area contributed by atoms with Gasteiger partial charge in [0.1, 0.15) is 0 Å². The summed E-state index contributed by atoms with van der Waals surface area (Å²) in [5.74, 6) is -0.210. The number of carbonyl (C=O) groups is 1. The van der Waals surface area contributed by atoms with Crippen LogP contribution in [0.15, 0.2) is 66.7 Å². The van der Waals surface area contributed by atoms with Gasteiger partial charge in [-0.2, -0.15) is 0 Å². The van der Waals surface area contributed by atoms with Crippen molar-refractivity contribution in [1.29, 1.82) is 0 Å². The highest BCUT2D eigenvalue weighted by molar-refractivity contribution is 5.94. The molecule has 0 saturated carbocycles. The van der Waals surface area contributed by atoms with E-state index in [1.54, 1.807) is 19.2 Å². The van der Waals surface area contributed by atoms with E-state index in [-0.39, 0.29) is 12.5 Å². The molecule has 0 radical (unpaired) electrons. The fraction of sp³-hybridized carbons (Fsp3) is 0.190. The van der Waals surface area contributed by atoms with E-state index in [1.165, 1.54) is 0 Å². The predicted molar refractivity (Wildman–Crippen MR) is 98.4 cm³/mol. The molecule has 3 aromatic carbocycles. The summed E-state index contributed by atoms with van der Waals surface area (Å²) in [5, 5.41) is 15.4. The lowest BCUT2D eigenvalue weighted by Gasteiger charge is -2.13. The first kappa shape index (κ1) is 17.1. The molecule has 0 aromatic heterocycles. The lowest BCUT2D eigenvalue weighted by atomic mass is 10.0. The molecule has 0 aliphatic carbocycles. The van der Waals surface area contributed by atoms with Gasteiger partial charge in [-0.25, -0.2) is 0 Å². The predicted octanol–water partition coefficient (Wildman–Crippen LogP) is 3.45. The maximum atomic E-state index is 12.3. The zero-order valence-electron chi connectivity index (χ0n) is 14.1. The zero-order valence-corrected chi connectivity index (χ0v) is 14.1. The molecule has 0 heterocycles. The van der Waals surface area contributed by atoms with Gasteiger partial charge in [0.2, 0.25) is 0 Å². The molecular formula is C21H21NO3. The molecule has 0 bridgehead atoms. The summed E-state index contributed by atoms with van der Waals surface area (Å²) in [4.78, 5) is 12.3. The van der Waals surface area contributed by atoms with E-state index in [1.807, 2.05) is 54.6 Å². The van der Waals surface area contributed by atoms with Crippen molar-refractivity contribution in [3.05, 3.63) is 83.4 Å². The van der Waals surface area contributed by atoms with Crippen molar-refractivity contribution < 1.29 is 14.6 Å². The quantitative estimate of drug-likeness (QED) is 0.725. The van der Waals surface area contributed by atoms with Crippen molar-refractivity contribution >= 4 is 16.7 Å². The molecule has 3 rings (SSSR count). The Morgan fingerprint density at radius 1 is 1.04 bits per heavy atom. The van der Waals surface area contributed by atoms with Crippen molar-refractivity contribution in [2.45, 2.75) is 12.7 Å². The Bertz CT molecular complexity index is 876. The highest BCUT2D eigenvalue weighted by Crippen LogP contribution is 2.20. The van der Waals surface area contributed by atoms with Crippen LogP contribution in [-0.2, 0) is 11.3 Å². The van der Waals surface area contributed by atoms with E-state index < -0.39 is 6.10 Å². The number of carbonyl (C=O) groups excluding carboxylic acids is 1. The molecule has 2 N–H and O–H groups in total. The van der Waals surface area contributed by atoms with E-state index in [4.69, 9.17) is 4.74 Å². The Balaban J connectivity index is 1.65. The number of fused-ring (bicyclic) bond motifs is 1. The smallest absolute Gasteiger partial charge is 0.251 e. The van der Waals surface area contributed by atoms with Gasteiger partial charge in [0, 0.05) is 19.2 Å². The van der Waals surface area contributed by atoms with E-state index in [9.17, 15) is 9.90 Å². The molecule has 4 nitrogen and oxygen atoms in total. The maximum Gasteiger partial charge on any atom is 0.251 e. The summed E-state index contributed by atoms with van der Waals surface area (Å²) in [6.07, 6.45) is -0.754. The molecule has 128 valence electrons. The summed E-state index contributed by atoms with van der Waals surface area (Å²) in [7, 11) is 1.62. The van der Waals surface area contributed by atoms with Crippen LogP contribution in [0.4, 0.5) is 0 Å². The van der Waals surface area contributed by atoms with Gasteiger partial charge < -0.3 is 15.2 Å². The summed E-state index contributed by atoms with van der Waals surface area (Å²) in [6.45, 7) is 0.618. The van der Waals surface area contributed by atoms with Gasteiger partial charge in [-0.15, -0.1) is 0 Å². The van der Waals surface area contributed by atoms with Gasteiger partial charge in [0.05, 0.1) is 12.7 Å². The minimum absolute atomic E-state index is 0.158. The van der Waals surface area contributed by atoms with Crippen LogP contribution in [-0.4, -0.2) is 24.7 Å². The zero-order chi connectivity index (χ0) is 17.6. The third kappa shape index (κ3) is 4.24. The summed E-state index contributed by atoms with van der Waals surface area (Å²) in [6, 6.07) is 21.1. The Kier molecular flexibility index (Phi) is 5.43. The minimum atomic E-state index is -0.754. The molecule has 1 amide bonds. The fourth-order valence-electron chi connectivity index (χ4n) is 2.79. The molecule has 0 spiro atoms. The number of amides is 1. The first-order valence-electron chi connectivity index (χ1n) is 8.20. The molecule has 3 aromatic rings. The second kappa shape index (κ2) is 7.92. The second-order valence-corrected chi connectivity index (χ2v) is 5.97. The largest absolute Gasteiger partial charge is 0.387 e. The molecule has 4 heteroatoms. The van der Waals surface area contributed by atoms with Gasteiger partial charge in [0.15, 0.2) is 0 Å². The third-order valence-corrected chi connectivity index (χ3v) is 4.11. The fourth-order valence-corrected chi connectivity index (χ4v) is 2.79. The average Bonchev–Trinajstić information content (AvgIpc) is 2.66. The number of methoxy groups -OCH3 is 1. The lowest BCUT2D eigenvalue weighted by molar-refractivity contribution is 0.0916. The van der Waals surface area contributed by atoms with Crippen molar-refractivity contribution in [3.63, 3.8) is 0 Å². The topological polar surface area (TPSA) is 58.6 Å². The van der Waals surface area contributed by atoms with Gasteiger partial charge in [-0.1, -0.05) is 48.5 Å². The van der Waals surface area contributed by atoms with Crippen molar-refractivity contribution in [2.24, 2.45) is 0 Å². The molecule has 0 aliphatic rings. The summed E-state index contributed by atoms with van der Waals surface area (Å²) >= 11 is 0. The van der Waals surface area contributed by atoms with E-state index >= 15 is 0 Å². The molecule has 0 fully saturated rings. The number of benzene rings is 3. The molecule has 1 unspecified atom stereocenters. The highest BCUT2D eigenvalue weighted by atomic mass is 16.5. The Morgan fingerprint density at radius 2 is 1.84 bits per heavy atom. The number of aliphatic hydroxyl groups excluding tert-OH is 1. The number of aliphatic hydroxyl groups is 1. The number of rotatable bonds is 6. The number of nitrogens with one attached hydrogen (secondary N) is 1. The first-order chi connectivity index (χ1) is 12.2. The van der Waals surface area contributed by atoms with Crippen molar-refractivity contribution in [3.8, 4) is 0 Å². The van der Waals surface area contributed by atoms with Gasteiger partial charge in [-0.3, -0.25) is 4.79 Å². The van der Waals surface area contributed by atoms with Crippen LogP contribution in [0.25, 0.3) is 10.8 Å². The minimum Gasteiger partial charge on any atom is -0.387 e. The Morgan fingerprint density at radius 3 is 2.64 bits per heavy atom. The first-order valence-corrected chi connectivity index (χ1v) is 8.20. The summed E-state index contributed by atoms with van der Waals surface area (Å²) < 4.78 is 5.08. The van der Waals surface area contributed by atoms with E-state index in [0.29, 0.717) is 12.2 Å². The lowest BCUT2D eigenvalue weighted by Crippen LogP contribution is -2.28. The molecule has 0 saturated heterocycles. The maximum absolute atomic E-state index is 12.3. The van der Waals surface area contributed by atoms with Crippen LogP contribution >= 0.6 is 0 Å².